The highest BCUT2D eigenvalue weighted by atomic mass is 16.6. The SMILES string of the molecule is CCCCCNC(=O)C(c1c(C)cccc1C)N(CCCC)C(=O)C(Cc1ccc(O)cc1)NC(=O)OC(C)(C)C. The Hall–Kier alpha value is -3.55. The number of carbonyl (C=O) groups excluding carboxylic acids is 3. The molecule has 2 rings (SSSR count). The van der Waals surface area contributed by atoms with Crippen LogP contribution in [0.25, 0.3) is 0 Å². The first-order valence-corrected chi connectivity index (χ1v) is 14.8. The molecule has 0 spiro atoms. The Balaban J connectivity index is 2.57. The zero-order chi connectivity index (χ0) is 30.6. The second-order valence-corrected chi connectivity index (χ2v) is 11.7. The van der Waals surface area contributed by atoms with Gasteiger partial charge in [-0.15, -0.1) is 0 Å². The number of hydrogen-bond acceptors (Lipinski definition) is 5. The van der Waals surface area contributed by atoms with Gasteiger partial charge in [0, 0.05) is 19.5 Å². The number of benzene rings is 2. The molecule has 0 aliphatic heterocycles. The lowest BCUT2D eigenvalue weighted by Gasteiger charge is -2.36. The molecule has 0 aliphatic rings. The van der Waals surface area contributed by atoms with Crippen LogP contribution >= 0.6 is 0 Å². The van der Waals surface area contributed by atoms with Crippen LogP contribution in [0.3, 0.4) is 0 Å². The lowest BCUT2D eigenvalue weighted by Crippen LogP contribution is -2.54. The summed E-state index contributed by atoms with van der Waals surface area (Å²) in [4.78, 5) is 42.9. The van der Waals surface area contributed by atoms with Gasteiger partial charge in [0.2, 0.25) is 11.8 Å². The molecule has 226 valence electrons. The van der Waals surface area contributed by atoms with Crippen LogP contribution in [0.2, 0.25) is 0 Å². The minimum Gasteiger partial charge on any atom is -0.508 e. The molecule has 0 aromatic heterocycles. The summed E-state index contributed by atoms with van der Waals surface area (Å²) in [5.74, 6) is -0.492. The molecule has 8 nitrogen and oxygen atoms in total. The Kier molecular flexibility index (Phi) is 13.2. The van der Waals surface area contributed by atoms with Gasteiger partial charge in [-0.2, -0.15) is 0 Å². The van der Waals surface area contributed by atoms with Crippen LogP contribution in [0, 0.1) is 13.8 Å². The highest BCUT2D eigenvalue weighted by molar-refractivity contribution is 5.92. The number of amides is 3. The van der Waals surface area contributed by atoms with Gasteiger partial charge in [-0.25, -0.2) is 4.79 Å². The first-order chi connectivity index (χ1) is 19.4. The fourth-order valence-electron chi connectivity index (χ4n) is 4.78. The molecule has 0 saturated heterocycles. The maximum Gasteiger partial charge on any atom is 0.408 e. The number of phenols is 1. The number of carbonyl (C=O) groups is 3. The summed E-state index contributed by atoms with van der Waals surface area (Å²) in [7, 11) is 0. The van der Waals surface area contributed by atoms with Gasteiger partial charge in [-0.1, -0.05) is 63.4 Å². The molecule has 8 heteroatoms. The van der Waals surface area contributed by atoms with E-state index in [1.807, 2.05) is 39.0 Å². The Morgan fingerprint density at radius 3 is 2.10 bits per heavy atom. The molecule has 0 radical (unpaired) electrons. The number of unbranched alkanes of at least 4 members (excludes halogenated alkanes) is 3. The van der Waals surface area contributed by atoms with Crippen molar-refractivity contribution in [2.45, 2.75) is 105 Å². The summed E-state index contributed by atoms with van der Waals surface area (Å²) in [6.07, 6.45) is 3.86. The van der Waals surface area contributed by atoms with Crippen LogP contribution in [-0.2, 0) is 20.7 Å². The lowest BCUT2D eigenvalue weighted by molar-refractivity contribution is -0.142. The number of nitrogens with zero attached hydrogens (tertiary/aromatic N) is 1. The normalized spacial score (nSPS) is 12.8. The van der Waals surface area contributed by atoms with Gasteiger partial charge in [0.1, 0.15) is 23.4 Å². The predicted octanol–water partition coefficient (Wildman–Crippen LogP) is 6.12. The predicted molar refractivity (Wildman–Crippen MR) is 163 cm³/mol. The van der Waals surface area contributed by atoms with Gasteiger partial charge in [0.15, 0.2) is 0 Å². The molecule has 0 saturated carbocycles. The van der Waals surface area contributed by atoms with Crippen molar-refractivity contribution >= 4 is 17.9 Å². The second-order valence-electron chi connectivity index (χ2n) is 11.7. The van der Waals surface area contributed by atoms with Crippen molar-refractivity contribution in [3.8, 4) is 5.75 Å². The van der Waals surface area contributed by atoms with E-state index in [2.05, 4.69) is 17.6 Å². The van der Waals surface area contributed by atoms with Gasteiger partial charge >= 0.3 is 6.09 Å². The Morgan fingerprint density at radius 1 is 0.927 bits per heavy atom. The van der Waals surface area contributed by atoms with Gasteiger partial charge in [0.25, 0.3) is 0 Å². The third kappa shape index (κ3) is 10.7. The number of nitrogens with one attached hydrogen (secondary N) is 2. The van der Waals surface area contributed by atoms with Crippen LogP contribution in [0.1, 0.15) is 95.0 Å². The topological polar surface area (TPSA) is 108 Å². The third-order valence-electron chi connectivity index (χ3n) is 6.86. The molecule has 3 amide bonds. The van der Waals surface area contributed by atoms with Gasteiger partial charge < -0.3 is 25.4 Å². The van der Waals surface area contributed by atoms with E-state index < -0.39 is 23.8 Å². The first-order valence-electron chi connectivity index (χ1n) is 14.8. The van der Waals surface area contributed by atoms with E-state index in [0.29, 0.717) is 19.5 Å². The summed E-state index contributed by atoms with van der Waals surface area (Å²) in [6, 6.07) is 10.5. The molecule has 0 fully saturated rings. The quantitative estimate of drug-likeness (QED) is 0.238. The molecule has 2 atom stereocenters. The van der Waals surface area contributed by atoms with Crippen LogP contribution in [0.15, 0.2) is 42.5 Å². The highest BCUT2D eigenvalue weighted by Gasteiger charge is 2.37. The van der Waals surface area contributed by atoms with Crippen molar-refractivity contribution in [3.05, 3.63) is 64.7 Å². The summed E-state index contributed by atoms with van der Waals surface area (Å²) in [6.45, 7) is 14.2. The molecule has 2 aromatic carbocycles. The largest absolute Gasteiger partial charge is 0.508 e. The van der Waals surface area contributed by atoms with E-state index >= 15 is 0 Å². The average Bonchev–Trinajstić information content (AvgIpc) is 2.89. The molecule has 2 unspecified atom stereocenters. The van der Waals surface area contributed by atoms with E-state index in [1.54, 1.807) is 49.9 Å². The molecule has 0 heterocycles. The van der Waals surface area contributed by atoms with E-state index in [-0.39, 0.29) is 24.0 Å². The molecular formula is C33H49N3O5. The minimum atomic E-state index is -0.994. The second kappa shape index (κ2) is 16.0. The zero-order valence-corrected chi connectivity index (χ0v) is 25.9. The Labute approximate surface area is 245 Å². The molecule has 41 heavy (non-hydrogen) atoms. The third-order valence-corrected chi connectivity index (χ3v) is 6.86. The maximum atomic E-state index is 14.5. The zero-order valence-electron chi connectivity index (χ0n) is 25.9. The summed E-state index contributed by atoms with van der Waals surface area (Å²) in [5.41, 5.74) is 2.63. The molecular weight excluding hydrogens is 518 g/mol. The number of hydrogen-bond donors (Lipinski definition) is 3. The molecule has 2 aromatic rings. The Morgan fingerprint density at radius 2 is 1.54 bits per heavy atom. The van der Waals surface area contributed by atoms with Crippen molar-refractivity contribution in [1.82, 2.24) is 15.5 Å². The van der Waals surface area contributed by atoms with E-state index in [9.17, 15) is 19.5 Å². The van der Waals surface area contributed by atoms with Gasteiger partial charge in [-0.05, 0) is 81.8 Å². The van der Waals surface area contributed by atoms with E-state index in [4.69, 9.17) is 4.74 Å². The Bertz CT molecular complexity index is 1120. The summed E-state index contributed by atoms with van der Waals surface area (Å²) in [5, 5.41) is 15.6. The monoisotopic (exact) mass is 567 g/mol. The highest BCUT2D eigenvalue weighted by Crippen LogP contribution is 2.29. The number of alkyl carbamates (subject to hydrolysis) is 1. The minimum absolute atomic E-state index is 0.108. The average molecular weight is 568 g/mol. The van der Waals surface area contributed by atoms with Gasteiger partial charge in [0.05, 0.1) is 0 Å². The summed E-state index contributed by atoms with van der Waals surface area (Å²) >= 11 is 0. The maximum absolute atomic E-state index is 14.5. The van der Waals surface area contributed by atoms with Crippen molar-refractivity contribution < 1.29 is 24.2 Å². The van der Waals surface area contributed by atoms with Crippen LogP contribution in [-0.4, -0.2) is 52.6 Å². The number of rotatable bonds is 14. The number of aromatic hydroxyl groups is 1. The van der Waals surface area contributed by atoms with Crippen molar-refractivity contribution in [2.24, 2.45) is 0 Å². The molecule has 3 N–H and O–H groups in total. The van der Waals surface area contributed by atoms with E-state index in [1.165, 1.54) is 0 Å². The summed E-state index contributed by atoms with van der Waals surface area (Å²) < 4.78 is 5.50. The number of ether oxygens (including phenoxy) is 1. The van der Waals surface area contributed by atoms with Gasteiger partial charge in [-0.3, -0.25) is 9.59 Å². The van der Waals surface area contributed by atoms with Crippen LogP contribution in [0.4, 0.5) is 4.79 Å². The first kappa shape index (κ1) is 33.7. The lowest BCUT2D eigenvalue weighted by atomic mass is 9.93. The number of phenolic OH excluding ortho intramolecular Hbond substituents is 1. The van der Waals surface area contributed by atoms with Crippen molar-refractivity contribution in [1.29, 1.82) is 0 Å². The smallest absolute Gasteiger partial charge is 0.408 e. The number of aryl methyl sites for hydroxylation is 2. The molecule has 0 bridgehead atoms. The van der Waals surface area contributed by atoms with Crippen LogP contribution < -0.4 is 10.6 Å². The van der Waals surface area contributed by atoms with Crippen LogP contribution in [0.5, 0.6) is 5.75 Å². The standard InChI is InChI=1S/C33H49N3O5/c1-8-10-12-20-34-30(38)29(28-23(3)14-13-15-24(28)4)36(21-11-9-2)31(39)27(35-32(40)41-33(5,6)7)22-25-16-18-26(37)19-17-25/h13-19,27,29,37H,8-12,20-22H2,1-7H3,(H,34,38)(H,35,40). The molecule has 0 aliphatic carbocycles. The van der Waals surface area contributed by atoms with Crippen molar-refractivity contribution in [2.75, 3.05) is 13.1 Å². The van der Waals surface area contributed by atoms with Crippen molar-refractivity contribution in [3.63, 3.8) is 0 Å². The van der Waals surface area contributed by atoms with E-state index in [0.717, 1.165) is 47.9 Å². The fraction of sp³-hybridized carbons (Fsp3) is 0.545. The fourth-order valence-corrected chi connectivity index (χ4v) is 4.78.